The predicted molar refractivity (Wildman–Crippen MR) is 122 cm³/mol. The summed E-state index contributed by atoms with van der Waals surface area (Å²) < 4.78 is 31.1. The van der Waals surface area contributed by atoms with Crippen LogP contribution in [0.4, 0.5) is 5.69 Å². The van der Waals surface area contributed by atoms with E-state index in [9.17, 15) is 13.2 Å². The highest BCUT2D eigenvalue weighted by Crippen LogP contribution is 2.25. The van der Waals surface area contributed by atoms with Crippen LogP contribution in [0.15, 0.2) is 80.9 Å². The van der Waals surface area contributed by atoms with Gasteiger partial charge in [-0.2, -0.15) is 0 Å². The van der Waals surface area contributed by atoms with Crippen molar-refractivity contribution < 1.29 is 8.42 Å². The number of halogens is 2. The first-order chi connectivity index (χ1) is 13.8. The number of aromatic nitrogens is 1. The molecule has 0 spiro atoms. The van der Waals surface area contributed by atoms with E-state index in [0.29, 0.717) is 27.5 Å². The topological polar surface area (TPSA) is 68.2 Å². The number of rotatable bonds is 5. The first kappa shape index (κ1) is 20.2. The summed E-state index contributed by atoms with van der Waals surface area (Å²) in [4.78, 5) is 12.4. The van der Waals surface area contributed by atoms with Gasteiger partial charge in [-0.3, -0.25) is 14.1 Å². The number of sulfonamides is 1. The summed E-state index contributed by atoms with van der Waals surface area (Å²) in [5.74, 6) is 0. The van der Waals surface area contributed by atoms with Crippen LogP contribution in [0, 0.1) is 0 Å². The van der Waals surface area contributed by atoms with Gasteiger partial charge in [0.1, 0.15) is 0 Å². The molecule has 0 bridgehead atoms. The maximum atomic E-state index is 12.8. The average Bonchev–Trinajstić information content (AvgIpc) is 2.98. The van der Waals surface area contributed by atoms with Gasteiger partial charge in [0, 0.05) is 15.2 Å². The van der Waals surface area contributed by atoms with Crippen LogP contribution in [0.25, 0.3) is 10.2 Å². The summed E-state index contributed by atoms with van der Waals surface area (Å²) in [5.41, 5.74) is 2.08. The first-order valence-corrected chi connectivity index (χ1v) is 12.0. The van der Waals surface area contributed by atoms with Gasteiger partial charge in [0.2, 0.25) is 0 Å². The SMILES string of the molecule is O=c1sc2cc(S(=O)(=O)Nc3cccc(Br)c3)ccc2n1Cc1ccc(Cl)cc1. The smallest absolute Gasteiger partial charge is 0.294 e. The molecule has 0 saturated carbocycles. The van der Waals surface area contributed by atoms with Crippen LogP contribution in [-0.2, 0) is 16.6 Å². The van der Waals surface area contributed by atoms with Crippen LogP contribution in [-0.4, -0.2) is 13.0 Å². The Labute approximate surface area is 184 Å². The lowest BCUT2D eigenvalue weighted by Gasteiger charge is -2.09. The minimum Gasteiger partial charge on any atom is -0.294 e. The fourth-order valence-corrected chi connectivity index (χ4v) is 5.51. The van der Waals surface area contributed by atoms with Crippen molar-refractivity contribution in [2.75, 3.05) is 4.72 Å². The Morgan fingerprint density at radius 2 is 1.79 bits per heavy atom. The summed E-state index contributed by atoms with van der Waals surface area (Å²) in [7, 11) is -3.78. The van der Waals surface area contributed by atoms with Crippen LogP contribution < -0.4 is 9.60 Å². The van der Waals surface area contributed by atoms with Crippen LogP contribution in [0.3, 0.4) is 0 Å². The zero-order chi connectivity index (χ0) is 20.6. The Kier molecular flexibility index (Phi) is 5.52. The maximum absolute atomic E-state index is 12.8. The fraction of sp³-hybridized carbons (Fsp3) is 0.0500. The van der Waals surface area contributed by atoms with E-state index in [1.807, 2.05) is 18.2 Å². The standard InChI is InChI=1S/C20H14BrClN2O3S2/c21-14-2-1-3-16(10-14)23-29(26,27)17-8-9-18-19(11-17)28-20(25)24(18)12-13-4-6-15(22)7-5-13/h1-11,23H,12H2. The monoisotopic (exact) mass is 508 g/mol. The summed E-state index contributed by atoms with van der Waals surface area (Å²) in [5, 5.41) is 0.629. The molecule has 0 saturated heterocycles. The summed E-state index contributed by atoms with van der Waals surface area (Å²) in [6.45, 7) is 0.387. The molecule has 0 unspecified atom stereocenters. The number of fused-ring (bicyclic) bond motifs is 1. The zero-order valence-corrected chi connectivity index (χ0v) is 18.8. The molecule has 0 aliphatic heterocycles. The number of nitrogens with zero attached hydrogens (tertiary/aromatic N) is 1. The number of benzene rings is 3. The van der Waals surface area contributed by atoms with Crippen LogP contribution >= 0.6 is 38.9 Å². The molecule has 148 valence electrons. The number of thiazole rings is 1. The van der Waals surface area contributed by atoms with Crippen LogP contribution in [0.5, 0.6) is 0 Å². The zero-order valence-electron chi connectivity index (χ0n) is 14.8. The third kappa shape index (κ3) is 4.40. The van der Waals surface area contributed by atoms with Crippen molar-refractivity contribution in [1.82, 2.24) is 4.57 Å². The molecule has 0 atom stereocenters. The predicted octanol–water partition coefficient (Wildman–Crippen LogP) is 5.33. The second-order valence-electron chi connectivity index (χ2n) is 6.33. The lowest BCUT2D eigenvalue weighted by Crippen LogP contribution is -2.14. The van der Waals surface area contributed by atoms with E-state index in [4.69, 9.17) is 11.6 Å². The molecule has 0 amide bonds. The Morgan fingerprint density at radius 3 is 2.52 bits per heavy atom. The third-order valence-electron chi connectivity index (χ3n) is 4.28. The lowest BCUT2D eigenvalue weighted by molar-refractivity contribution is 0.601. The van der Waals surface area contributed by atoms with Crippen LogP contribution in [0.2, 0.25) is 5.02 Å². The van der Waals surface area contributed by atoms with Crippen molar-refractivity contribution in [3.8, 4) is 0 Å². The summed E-state index contributed by atoms with van der Waals surface area (Å²) in [6, 6.07) is 18.9. The molecular weight excluding hydrogens is 496 g/mol. The second-order valence-corrected chi connectivity index (χ2v) is 10.4. The molecule has 4 aromatic rings. The lowest BCUT2D eigenvalue weighted by atomic mass is 10.2. The number of hydrogen-bond acceptors (Lipinski definition) is 4. The average molecular weight is 510 g/mol. The molecule has 9 heteroatoms. The number of hydrogen-bond donors (Lipinski definition) is 1. The Balaban J connectivity index is 1.68. The van der Waals surface area contributed by atoms with Crippen molar-refractivity contribution in [3.05, 3.63) is 91.5 Å². The molecular formula is C20H14BrClN2O3S2. The van der Waals surface area contributed by atoms with Crippen molar-refractivity contribution in [2.45, 2.75) is 11.4 Å². The highest BCUT2D eigenvalue weighted by Gasteiger charge is 2.17. The number of nitrogens with one attached hydrogen (secondary N) is 1. The van der Waals surface area contributed by atoms with Gasteiger partial charge in [0.05, 0.1) is 21.7 Å². The van der Waals surface area contributed by atoms with Gasteiger partial charge in [-0.25, -0.2) is 8.42 Å². The van der Waals surface area contributed by atoms with E-state index >= 15 is 0 Å². The van der Waals surface area contributed by atoms with Crippen molar-refractivity contribution in [1.29, 1.82) is 0 Å². The molecule has 1 heterocycles. The summed E-state index contributed by atoms with van der Waals surface area (Å²) >= 11 is 10.3. The minimum atomic E-state index is -3.78. The second kappa shape index (κ2) is 7.95. The van der Waals surface area contributed by atoms with E-state index < -0.39 is 10.0 Å². The molecule has 0 radical (unpaired) electrons. The maximum Gasteiger partial charge on any atom is 0.308 e. The van der Waals surface area contributed by atoms with Gasteiger partial charge in [-0.1, -0.05) is 57.1 Å². The molecule has 5 nitrogen and oxygen atoms in total. The van der Waals surface area contributed by atoms with Crippen molar-refractivity contribution >= 4 is 64.8 Å². The van der Waals surface area contributed by atoms with E-state index in [2.05, 4.69) is 20.7 Å². The van der Waals surface area contributed by atoms with E-state index in [-0.39, 0.29) is 9.77 Å². The highest BCUT2D eigenvalue weighted by atomic mass is 79.9. The molecule has 1 aromatic heterocycles. The van der Waals surface area contributed by atoms with Gasteiger partial charge in [0.25, 0.3) is 10.0 Å². The van der Waals surface area contributed by atoms with E-state index in [0.717, 1.165) is 21.4 Å². The molecule has 3 aromatic carbocycles. The Hall–Kier alpha value is -2.13. The molecule has 0 fully saturated rings. The fourth-order valence-electron chi connectivity index (χ4n) is 2.90. The Morgan fingerprint density at radius 1 is 1.03 bits per heavy atom. The van der Waals surface area contributed by atoms with Gasteiger partial charge in [0.15, 0.2) is 0 Å². The van der Waals surface area contributed by atoms with Crippen LogP contribution in [0.1, 0.15) is 5.56 Å². The van der Waals surface area contributed by atoms with Gasteiger partial charge in [-0.15, -0.1) is 0 Å². The normalized spacial score (nSPS) is 11.7. The van der Waals surface area contributed by atoms with Gasteiger partial charge in [-0.05, 0) is 54.1 Å². The van der Waals surface area contributed by atoms with E-state index in [1.54, 1.807) is 41.0 Å². The summed E-state index contributed by atoms with van der Waals surface area (Å²) in [6.07, 6.45) is 0. The quantitative estimate of drug-likeness (QED) is 0.395. The molecule has 0 aliphatic rings. The molecule has 29 heavy (non-hydrogen) atoms. The molecule has 0 aliphatic carbocycles. The third-order valence-corrected chi connectivity index (χ3v) is 7.35. The molecule has 4 rings (SSSR count). The minimum absolute atomic E-state index is 0.102. The van der Waals surface area contributed by atoms with Crippen molar-refractivity contribution in [2.24, 2.45) is 0 Å². The Bertz CT molecular complexity index is 1360. The van der Waals surface area contributed by atoms with Gasteiger partial charge >= 0.3 is 4.87 Å². The van der Waals surface area contributed by atoms with Crippen molar-refractivity contribution in [3.63, 3.8) is 0 Å². The first-order valence-electron chi connectivity index (χ1n) is 8.48. The van der Waals surface area contributed by atoms with E-state index in [1.165, 1.54) is 12.1 Å². The molecule has 1 N–H and O–H groups in total. The highest BCUT2D eigenvalue weighted by molar-refractivity contribution is 9.10. The number of anilines is 1. The largest absolute Gasteiger partial charge is 0.308 e. The van der Waals surface area contributed by atoms with Gasteiger partial charge < -0.3 is 0 Å².